The summed E-state index contributed by atoms with van der Waals surface area (Å²) >= 11 is 0. The molecule has 1 aromatic heterocycles. The summed E-state index contributed by atoms with van der Waals surface area (Å²) in [5.41, 5.74) is -2.26. The van der Waals surface area contributed by atoms with E-state index in [0.717, 1.165) is 30.3 Å². The Balaban J connectivity index is 1.05. The first-order valence-electron chi connectivity index (χ1n) is 27.3. The van der Waals surface area contributed by atoms with E-state index in [-0.39, 0.29) is 42.4 Å². The topological polar surface area (TPSA) is 232 Å². The lowest BCUT2D eigenvalue weighted by Gasteiger charge is -2.49. The smallest absolute Gasteiger partial charge is 0.408 e. The van der Waals surface area contributed by atoms with Crippen LogP contribution in [0.3, 0.4) is 0 Å². The van der Waals surface area contributed by atoms with Crippen molar-refractivity contribution in [3.05, 3.63) is 39.7 Å². The van der Waals surface area contributed by atoms with E-state index in [1.54, 1.807) is 40.9 Å². The number of nitrogens with one attached hydrogen (secondary N) is 1. The number of carbonyl (C=O) groups is 4. The number of hydrogen-bond acceptors (Lipinski definition) is 17. The number of ether oxygens (including phenoxy) is 9. The van der Waals surface area contributed by atoms with Gasteiger partial charge in [-0.2, -0.15) is 0 Å². The van der Waals surface area contributed by atoms with Crippen LogP contribution in [0.2, 0.25) is 0 Å². The van der Waals surface area contributed by atoms with Gasteiger partial charge in [-0.05, 0) is 117 Å². The molecule has 0 unspecified atom stereocenters. The van der Waals surface area contributed by atoms with Gasteiger partial charge in [0.15, 0.2) is 24.0 Å². The summed E-state index contributed by atoms with van der Waals surface area (Å²) in [5, 5.41) is 24.5. The fraction of sp³-hybridized carbons (Fsp3) is 0.768. The lowest BCUT2D eigenvalue weighted by Crippen LogP contribution is -2.60. The number of methoxy groups -OCH3 is 1. The fourth-order valence-electron chi connectivity index (χ4n) is 12.7. The van der Waals surface area contributed by atoms with Gasteiger partial charge in [0.05, 0.1) is 52.9 Å². The second kappa shape index (κ2) is 24.0. The van der Waals surface area contributed by atoms with Gasteiger partial charge in [-0.25, -0.2) is 9.59 Å². The van der Waals surface area contributed by atoms with Crippen molar-refractivity contribution in [3.8, 4) is 5.75 Å². The van der Waals surface area contributed by atoms with E-state index in [0.29, 0.717) is 56.8 Å². The van der Waals surface area contributed by atoms with Crippen molar-refractivity contribution in [2.75, 3.05) is 54.6 Å². The molecule has 76 heavy (non-hydrogen) atoms. The number of pyridine rings is 1. The highest BCUT2D eigenvalue weighted by atomic mass is 16.7. The molecule has 0 radical (unpaired) electrons. The number of esters is 1. The highest BCUT2D eigenvalue weighted by Crippen LogP contribution is 2.44. The van der Waals surface area contributed by atoms with Crippen molar-refractivity contribution < 1.29 is 72.0 Å². The number of carboxylic acid groups (broad SMARTS) is 1. The maximum absolute atomic E-state index is 14.7. The molecular formula is C56H86N4O16. The molecule has 0 spiro atoms. The lowest BCUT2D eigenvalue weighted by molar-refractivity contribution is -0.315. The third-order valence-electron chi connectivity index (χ3n) is 17.0. The molecular weight excluding hydrogens is 985 g/mol. The number of rotatable bonds is 17. The first-order chi connectivity index (χ1) is 35.7. The highest BCUT2D eigenvalue weighted by Gasteiger charge is 2.59. The number of alkyl carbamates (subject to hydrolysis) is 1. The molecule has 0 saturated carbocycles. The van der Waals surface area contributed by atoms with Crippen molar-refractivity contribution in [2.45, 2.75) is 199 Å². The number of hydrogen-bond donors (Lipinski definition) is 3. The molecule has 426 valence electrons. The number of ketones is 1. The van der Waals surface area contributed by atoms with Gasteiger partial charge in [0.25, 0.3) is 0 Å². The fourth-order valence-corrected chi connectivity index (χ4v) is 12.7. The maximum Gasteiger partial charge on any atom is 0.408 e. The summed E-state index contributed by atoms with van der Waals surface area (Å²) in [6.07, 6.45) is -2.60. The van der Waals surface area contributed by atoms with Gasteiger partial charge in [0.1, 0.15) is 36.2 Å². The van der Waals surface area contributed by atoms with Crippen LogP contribution in [0.25, 0.3) is 10.9 Å². The molecule has 7 rings (SSSR count). The summed E-state index contributed by atoms with van der Waals surface area (Å²) in [4.78, 5) is 71.2. The first kappa shape index (κ1) is 59.4. The molecule has 3 N–H and O–H groups in total. The van der Waals surface area contributed by atoms with E-state index in [1.165, 1.54) is 6.20 Å². The number of benzene rings is 1. The molecule has 0 aliphatic carbocycles. The van der Waals surface area contributed by atoms with E-state index in [4.69, 9.17) is 42.6 Å². The number of aliphatic hydroxyl groups excluding tert-OH is 1. The number of cyclic esters (lactones) is 1. The minimum absolute atomic E-state index is 0.114. The zero-order valence-corrected chi connectivity index (χ0v) is 47.3. The molecule has 2 aromatic rings. The van der Waals surface area contributed by atoms with Crippen LogP contribution in [-0.2, 0) is 60.4 Å². The van der Waals surface area contributed by atoms with Crippen LogP contribution in [0, 0.1) is 23.2 Å². The monoisotopic (exact) mass is 1070 g/mol. The predicted molar refractivity (Wildman–Crippen MR) is 280 cm³/mol. The first-order valence-corrected chi connectivity index (χ1v) is 27.3. The largest absolute Gasteiger partial charge is 0.492 e. The molecule has 5 aliphatic heterocycles. The Kier molecular flexibility index (Phi) is 18.8. The average Bonchev–Trinajstić information content (AvgIpc) is 3.68. The average molecular weight is 1070 g/mol. The molecule has 16 atom stereocenters. The lowest BCUT2D eigenvalue weighted by atomic mass is 9.75. The van der Waals surface area contributed by atoms with Crippen molar-refractivity contribution in [1.29, 1.82) is 0 Å². The minimum atomic E-state index is -1.52. The van der Waals surface area contributed by atoms with E-state index in [9.17, 15) is 34.2 Å². The normalized spacial score (nSPS) is 36.1. The van der Waals surface area contributed by atoms with Gasteiger partial charge in [0.2, 0.25) is 5.43 Å². The van der Waals surface area contributed by atoms with Crippen LogP contribution in [-0.4, -0.2) is 182 Å². The van der Waals surface area contributed by atoms with Gasteiger partial charge in [-0.1, -0.05) is 34.6 Å². The molecule has 4 saturated heterocycles. The Morgan fingerprint density at radius 1 is 0.947 bits per heavy atom. The molecule has 1 aromatic carbocycles. The van der Waals surface area contributed by atoms with Crippen LogP contribution in [0.15, 0.2) is 23.1 Å². The number of aliphatic hydroxyl groups is 1. The number of likely N-dealkylation sites (N-methyl/N-ethyl adjacent to an activating group) is 2. The summed E-state index contributed by atoms with van der Waals surface area (Å²) in [5.74, 6) is -4.04. The van der Waals surface area contributed by atoms with Crippen molar-refractivity contribution in [3.63, 3.8) is 0 Å². The van der Waals surface area contributed by atoms with Gasteiger partial charge in [-0.15, -0.1) is 0 Å². The number of aryl methyl sites for hydroxylation is 2. The quantitative estimate of drug-likeness (QED) is 0.130. The Morgan fingerprint density at radius 3 is 2.33 bits per heavy atom. The number of amides is 1. The predicted octanol–water partition coefficient (Wildman–Crippen LogP) is 5.56. The van der Waals surface area contributed by atoms with E-state index in [2.05, 4.69) is 24.1 Å². The molecule has 0 bridgehead atoms. The Morgan fingerprint density at radius 2 is 1.67 bits per heavy atom. The SMILES string of the molecule is CC[C@H]1OC(=O)[C@H](C)[C@@H](O[C@H]2CC(C)(C)[C@@H](OCCCN(C)CCOc3cc4c5c(c3)c(=O)c(C(=O)O)cn5CCC4)[C@H](C)O2)[C@H](C)[C@@H](O[C@@H]2O[C@H](C)C[C@H](N(C)C)[C@H]2O)[C@](C)(OC)C[C@@H](C)C(=O)[C@H]2NC(=O)O[C@@]21C. The van der Waals surface area contributed by atoms with E-state index < -0.39 is 107 Å². The summed E-state index contributed by atoms with van der Waals surface area (Å²) in [7, 11) is 7.33. The molecule has 1 amide bonds. The van der Waals surface area contributed by atoms with Crippen LogP contribution in [0.5, 0.6) is 5.75 Å². The van der Waals surface area contributed by atoms with Crippen LogP contribution < -0.4 is 15.5 Å². The second-order valence-electron chi connectivity index (χ2n) is 23.6. The Bertz CT molecular complexity index is 2470. The van der Waals surface area contributed by atoms with Crippen molar-refractivity contribution in [1.82, 2.24) is 19.7 Å². The van der Waals surface area contributed by atoms with Gasteiger partial charge >= 0.3 is 18.0 Å². The summed E-state index contributed by atoms with van der Waals surface area (Å²) in [6, 6.07) is 2.18. The standard InChI is InChI=1S/C56H86N4O16/c1-15-40-56(10)47(57-53(67)76-56)43(61)30(2)27-55(9,68-14)48(75-52-45(63)39(58(11)12)24-31(3)71-52)32(4)46(33(5)51(66)73-40)74-41-28-54(7,8)49(34(6)72-41)70-22-17-19-59(13)21-23-69-36-25-35-18-16-20-60-29-38(50(64)65)44(62)37(26-36)42(35)60/h25-26,29-34,39-41,45-49,52,63H,15-24,27-28H2,1-14H3,(H,57,67)(H,64,65)/t30-,31-,32+,33-,34+,39+,40-,41+,45-,46+,47-,48-,49+,52+,55-,56-/m1/s1. The van der Waals surface area contributed by atoms with Crippen LogP contribution in [0.1, 0.15) is 124 Å². The molecule has 20 nitrogen and oxygen atoms in total. The van der Waals surface area contributed by atoms with Crippen molar-refractivity contribution >= 4 is 34.7 Å². The number of aromatic nitrogens is 1. The van der Waals surface area contributed by atoms with Gasteiger partial charge in [0, 0.05) is 63.8 Å². The van der Waals surface area contributed by atoms with Gasteiger partial charge in [-0.3, -0.25) is 14.4 Å². The minimum Gasteiger partial charge on any atom is -0.492 e. The van der Waals surface area contributed by atoms with E-state index >= 15 is 0 Å². The number of carbonyl (C=O) groups excluding carboxylic acids is 3. The van der Waals surface area contributed by atoms with Crippen LogP contribution >= 0.6 is 0 Å². The maximum atomic E-state index is 14.7. The number of nitrogens with zero attached hydrogens (tertiary/aromatic N) is 3. The number of carboxylic acids is 1. The molecule has 5 aliphatic rings. The van der Waals surface area contributed by atoms with Gasteiger partial charge < -0.3 is 72.5 Å². The third-order valence-corrected chi connectivity index (χ3v) is 17.0. The molecule has 4 fully saturated rings. The van der Waals surface area contributed by atoms with E-state index in [1.807, 2.05) is 64.4 Å². The van der Waals surface area contributed by atoms with Crippen molar-refractivity contribution in [2.24, 2.45) is 23.2 Å². The van der Waals surface area contributed by atoms with Crippen LogP contribution in [0.4, 0.5) is 4.79 Å². The Labute approximate surface area is 447 Å². The number of fused-ring (bicyclic) bond motifs is 1. The zero-order chi connectivity index (χ0) is 55.8. The molecule has 20 heteroatoms. The molecule has 6 heterocycles. The highest BCUT2D eigenvalue weighted by molar-refractivity contribution is 5.94. The third kappa shape index (κ3) is 12.4. The zero-order valence-electron chi connectivity index (χ0n) is 47.3. The second-order valence-corrected chi connectivity index (χ2v) is 23.6. The summed E-state index contributed by atoms with van der Waals surface area (Å²) in [6.45, 7) is 21.5. The number of Topliss-reactive ketones (excluding diaryl/α,β-unsaturated/α-hetero) is 1. The summed E-state index contributed by atoms with van der Waals surface area (Å²) < 4.78 is 60.2. The Hall–Kier alpha value is -4.25. The number of aromatic carboxylic acids is 1.